The minimum absolute atomic E-state index is 0.000974. The average molecular weight is 387 g/mol. The van der Waals surface area contributed by atoms with Crippen LogP contribution in [0.2, 0.25) is 0 Å². The molecule has 21 heavy (non-hydrogen) atoms. The van der Waals surface area contributed by atoms with Crippen LogP contribution in [0.3, 0.4) is 0 Å². The zero-order valence-corrected chi connectivity index (χ0v) is 14.1. The molecule has 0 saturated carbocycles. The van der Waals surface area contributed by atoms with Crippen molar-refractivity contribution in [3.63, 3.8) is 0 Å². The van der Waals surface area contributed by atoms with Crippen LogP contribution in [0.1, 0.15) is 0 Å². The van der Waals surface area contributed by atoms with Crippen molar-refractivity contribution in [1.29, 1.82) is 0 Å². The Morgan fingerprint density at radius 3 is 2.52 bits per heavy atom. The van der Waals surface area contributed by atoms with E-state index >= 15 is 0 Å². The van der Waals surface area contributed by atoms with Gasteiger partial charge in [-0.2, -0.15) is 0 Å². The number of sulfonamides is 1. The lowest BCUT2D eigenvalue weighted by Crippen LogP contribution is -2.29. The topological polar surface area (TPSA) is 58.6 Å². The molecule has 0 spiro atoms. The minimum atomic E-state index is -4.07. The number of halogens is 3. The summed E-state index contributed by atoms with van der Waals surface area (Å²) in [5.41, 5.74) is 0. The van der Waals surface area contributed by atoms with Crippen molar-refractivity contribution in [3.8, 4) is 0 Å². The first kappa shape index (κ1) is 18.4. The van der Waals surface area contributed by atoms with E-state index in [1.807, 2.05) is 19.0 Å². The van der Waals surface area contributed by atoms with E-state index in [0.29, 0.717) is 19.2 Å². The fourth-order valence-corrected chi connectivity index (χ4v) is 3.63. The number of nitrogens with one attached hydrogen (secondary N) is 1. The largest absolute Gasteiger partial charge is 0.379 e. The molecule has 120 valence electrons. The molecule has 9 heteroatoms. The fraction of sp³-hybridized carbons (Fsp3) is 0.500. The van der Waals surface area contributed by atoms with E-state index in [4.69, 9.17) is 4.74 Å². The van der Waals surface area contributed by atoms with Crippen LogP contribution in [0.25, 0.3) is 0 Å². The van der Waals surface area contributed by atoms with Gasteiger partial charge in [0.25, 0.3) is 0 Å². The minimum Gasteiger partial charge on any atom is -0.379 e. The first-order valence-corrected chi connectivity index (χ1v) is 8.38. The van der Waals surface area contributed by atoms with E-state index in [1.54, 1.807) is 0 Å². The number of rotatable bonds is 8. The maximum atomic E-state index is 13.6. The van der Waals surface area contributed by atoms with Gasteiger partial charge in [0.15, 0.2) is 0 Å². The molecule has 0 fully saturated rings. The number of ether oxygens (including phenoxy) is 1. The summed E-state index contributed by atoms with van der Waals surface area (Å²) in [6.07, 6.45) is 0. The maximum absolute atomic E-state index is 13.6. The van der Waals surface area contributed by atoms with E-state index in [1.165, 1.54) is 0 Å². The number of hydrogen-bond acceptors (Lipinski definition) is 4. The van der Waals surface area contributed by atoms with Crippen LogP contribution in [-0.2, 0) is 14.8 Å². The second-order valence-electron chi connectivity index (χ2n) is 4.51. The smallest absolute Gasteiger partial charge is 0.244 e. The van der Waals surface area contributed by atoms with Gasteiger partial charge in [-0.25, -0.2) is 21.9 Å². The molecule has 1 rings (SSSR count). The lowest BCUT2D eigenvalue weighted by atomic mass is 10.3. The number of nitrogens with zero attached hydrogens (tertiary/aromatic N) is 1. The predicted octanol–water partition coefficient (Wildman–Crippen LogP) is 1.58. The molecule has 0 saturated heterocycles. The maximum Gasteiger partial charge on any atom is 0.244 e. The molecule has 0 aliphatic rings. The summed E-state index contributed by atoms with van der Waals surface area (Å²) < 4.78 is 57.7. The van der Waals surface area contributed by atoms with Crippen LogP contribution in [-0.4, -0.2) is 53.7 Å². The van der Waals surface area contributed by atoms with E-state index in [2.05, 4.69) is 20.7 Å². The molecule has 5 nitrogen and oxygen atoms in total. The van der Waals surface area contributed by atoms with Crippen molar-refractivity contribution in [2.45, 2.75) is 4.90 Å². The van der Waals surface area contributed by atoms with Gasteiger partial charge in [-0.1, -0.05) is 0 Å². The van der Waals surface area contributed by atoms with E-state index in [-0.39, 0.29) is 17.6 Å². The summed E-state index contributed by atoms with van der Waals surface area (Å²) in [7, 11) is -0.291. The van der Waals surface area contributed by atoms with Gasteiger partial charge in [0.2, 0.25) is 10.0 Å². The Kier molecular flexibility index (Phi) is 7.14. The molecule has 0 bridgehead atoms. The lowest BCUT2D eigenvalue weighted by Gasteiger charge is -2.11. The van der Waals surface area contributed by atoms with Crippen LogP contribution >= 0.6 is 15.9 Å². The molecule has 0 unspecified atom stereocenters. The molecule has 1 aromatic rings. The molecule has 0 aliphatic heterocycles. The second kappa shape index (κ2) is 8.14. The third kappa shape index (κ3) is 5.95. The first-order chi connectivity index (χ1) is 9.74. The molecule has 0 heterocycles. The highest BCUT2D eigenvalue weighted by molar-refractivity contribution is 9.10. The Bertz CT molecular complexity index is 559. The molecule has 0 aromatic heterocycles. The van der Waals surface area contributed by atoms with Crippen LogP contribution in [0.15, 0.2) is 21.5 Å². The summed E-state index contributed by atoms with van der Waals surface area (Å²) in [4.78, 5) is 1.31. The van der Waals surface area contributed by atoms with Crippen molar-refractivity contribution < 1.29 is 21.9 Å². The molecule has 1 N–H and O–H groups in total. The van der Waals surface area contributed by atoms with Gasteiger partial charge in [0.05, 0.1) is 13.2 Å². The standard InChI is InChI=1S/C12H17BrF2N2O3S/c1-17(2)4-6-20-5-3-16-21(18,19)12-10(13)7-9(14)8-11(12)15/h7-8,16H,3-6H2,1-2H3. The number of hydrogen-bond donors (Lipinski definition) is 1. The summed E-state index contributed by atoms with van der Waals surface area (Å²) in [6.45, 7) is 1.33. The molecule has 0 radical (unpaired) electrons. The fourth-order valence-electron chi connectivity index (χ4n) is 1.46. The van der Waals surface area contributed by atoms with Crippen LogP contribution in [0, 0.1) is 11.6 Å². The van der Waals surface area contributed by atoms with Crippen molar-refractivity contribution >= 4 is 26.0 Å². The first-order valence-electron chi connectivity index (χ1n) is 6.10. The molecule has 1 aromatic carbocycles. The van der Waals surface area contributed by atoms with Gasteiger partial charge in [0, 0.05) is 23.6 Å². The van der Waals surface area contributed by atoms with E-state index in [0.717, 1.165) is 6.07 Å². The van der Waals surface area contributed by atoms with Gasteiger partial charge in [-0.3, -0.25) is 0 Å². The predicted molar refractivity (Wildman–Crippen MR) is 78.6 cm³/mol. The van der Waals surface area contributed by atoms with Gasteiger partial charge < -0.3 is 9.64 Å². The highest BCUT2D eigenvalue weighted by Gasteiger charge is 2.23. The van der Waals surface area contributed by atoms with E-state index < -0.39 is 26.6 Å². The Balaban J connectivity index is 2.59. The van der Waals surface area contributed by atoms with Gasteiger partial charge in [-0.05, 0) is 36.1 Å². The molecule has 0 amide bonds. The van der Waals surface area contributed by atoms with Crippen molar-refractivity contribution in [2.75, 3.05) is 40.4 Å². The highest BCUT2D eigenvalue weighted by atomic mass is 79.9. The summed E-state index contributed by atoms with van der Waals surface area (Å²) in [5, 5.41) is 0. The van der Waals surface area contributed by atoms with Crippen LogP contribution < -0.4 is 4.72 Å². The van der Waals surface area contributed by atoms with Crippen molar-refractivity contribution in [2.24, 2.45) is 0 Å². The normalized spacial score (nSPS) is 12.1. The molecule has 0 aliphatic carbocycles. The summed E-state index contributed by atoms with van der Waals surface area (Å²) >= 11 is 2.85. The Labute approximate surface area is 131 Å². The Morgan fingerprint density at radius 1 is 1.29 bits per heavy atom. The van der Waals surface area contributed by atoms with Crippen molar-refractivity contribution in [1.82, 2.24) is 9.62 Å². The molecule has 0 atom stereocenters. The second-order valence-corrected chi connectivity index (χ2v) is 7.07. The summed E-state index contributed by atoms with van der Waals surface area (Å²) in [6, 6.07) is 1.41. The van der Waals surface area contributed by atoms with Gasteiger partial charge in [-0.15, -0.1) is 0 Å². The lowest BCUT2D eigenvalue weighted by molar-refractivity contribution is 0.122. The Hall–Kier alpha value is -0.610. The SMILES string of the molecule is CN(C)CCOCCNS(=O)(=O)c1c(F)cc(F)cc1Br. The molecular formula is C12H17BrF2N2O3S. The number of likely N-dealkylation sites (N-methyl/N-ethyl adjacent to an activating group) is 1. The van der Waals surface area contributed by atoms with Crippen LogP contribution in [0.5, 0.6) is 0 Å². The van der Waals surface area contributed by atoms with Crippen LogP contribution in [0.4, 0.5) is 8.78 Å². The Morgan fingerprint density at radius 2 is 1.95 bits per heavy atom. The zero-order chi connectivity index (χ0) is 16.0. The van der Waals surface area contributed by atoms with Crippen molar-refractivity contribution in [3.05, 3.63) is 28.2 Å². The van der Waals surface area contributed by atoms with Gasteiger partial charge in [0.1, 0.15) is 16.5 Å². The third-order valence-electron chi connectivity index (χ3n) is 2.45. The highest BCUT2D eigenvalue weighted by Crippen LogP contribution is 2.25. The zero-order valence-electron chi connectivity index (χ0n) is 11.7. The average Bonchev–Trinajstić information content (AvgIpc) is 2.31. The monoisotopic (exact) mass is 386 g/mol. The summed E-state index contributed by atoms with van der Waals surface area (Å²) in [5.74, 6) is -2.01. The van der Waals surface area contributed by atoms with Gasteiger partial charge >= 0.3 is 0 Å². The quantitative estimate of drug-likeness (QED) is 0.689. The third-order valence-corrected chi connectivity index (χ3v) is 4.88. The molecular weight excluding hydrogens is 370 g/mol. The number of benzene rings is 1. The van der Waals surface area contributed by atoms with E-state index in [9.17, 15) is 17.2 Å².